The number of rotatable bonds is 4. The van der Waals surface area contributed by atoms with E-state index in [0.717, 1.165) is 6.42 Å². The summed E-state index contributed by atoms with van der Waals surface area (Å²) in [4.78, 5) is 23.1. The minimum atomic E-state index is -0.527. The Hall–Kier alpha value is -1.52. The van der Waals surface area contributed by atoms with Crippen molar-refractivity contribution in [2.45, 2.75) is 45.3 Å². The number of alkyl carbamates (subject to hydrolysis) is 1. The van der Waals surface area contributed by atoms with E-state index in [1.807, 2.05) is 0 Å². The van der Waals surface area contributed by atoms with E-state index in [0.29, 0.717) is 13.0 Å². The molecule has 0 spiro atoms. The maximum absolute atomic E-state index is 11.6. The second-order valence-corrected chi connectivity index (χ2v) is 5.50. The fraction of sp³-hybridized carbons (Fsp3) is 0.692. The van der Waals surface area contributed by atoms with E-state index in [2.05, 4.69) is 17.2 Å². The zero-order valence-corrected chi connectivity index (χ0v) is 11.3. The molecule has 1 aliphatic heterocycles. The van der Waals surface area contributed by atoms with Gasteiger partial charge in [-0.05, 0) is 33.6 Å². The summed E-state index contributed by atoms with van der Waals surface area (Å²) in [7, 11) is 0. The molecule has 5 nitrogen and oxygen atoms in total. The highest BCUT2D eigenvalue weighted by atomic mass is 16.6. The minimum Gasteiger partial charge on any atom is -0.444 e. The Balaban J connectivity index is 2.44. The van der Waals surface area contributed by atoms with E-state index in [-0.39, 0.29) is 17.9 Å². The van der Waals surface area contributed by atoms with Crippen molar-refractivity contribution in [2.24, 2.45) is 5.92 Å². The first-order chi connectivity index (χ1) is 8.31. The van der Waals surface area contributed by atoms with Gasteiger partial charge in [-0.2, -0.15) is 0 Å². The predicted octanol–water partition coefficient (Wildman–Crippen LogP) is 1.59. The molecule has 1 aliphatic rings. The number of nitrogens with one attached hydrogen (secondary N) is 2. The van der Waals surface area contributed by atoms with Crippen molar-refractivity contribution in [3.05, 3.63) is 12.7 Å². The van der Waals surface area contributed by atoms with Crippen LogP contribution in [0, 0.1) is 5.92 Å². The lowest BCUT2D eigenvalue weighted by molar-refractivity contribution is -0.122. The summed E-state index contributed by atoms with van der Waals surface area (Å²) in [6.07, 6.45) is 2.52. The van der Waals surface area contributed by atoms with Crippen LogP contribution in [0.3, 0.4) is 0 Å². The molecule has 0 aromatic carbocycles. The summed E-state index contributed by atoms with van der Waals surface area (Å²) >= 11 is 0. The van der Waals surface area contributed by atoms with Crippen LogP contribution in [0.4, 0.5) is 4.79 Å². The van der Waals surface area contributed by atoms with E-state index >= 15 is 0 Å². The molecule has 2 amide bonds. The van der Waals surface area contributed by atoms with Crippen molar-refractivity contribution in [1.29, 1.82) is 0 Å². The van der Waals surface area contributed by atoms with Gasteiger partial charge < -0.3 is 15.4 Å². The van der Waals surface area contributed by atoms with Gasteiger partial charge in [-0.25, -0.2) is 4.79 Å². The van der Waals surface area contributed by atoms with Crippen molar-refractivity contribution in [3.63, 3.8) is 0 Å². The fourth-order valence-electron chi connectivity index (χ4n) is 1.85. The monoisotopic (exact) mass is 254 g/mol. The zero-order chi connectivity index (χ0) is 13.8. The Labute approximate surface area is 108 Å². The SMILES string of the molecule is C=C[C@H](C[C@@H]1CCNC1=O)NC(=O)OC(C)(C)C. The van der Waals surface area contributed by atoms with Gasteiger partial charge in [0.25, 0.3) is 0 Å². The van der Waals surface area contributed by atoms with Gasteiger partial charge in [0.2, 0.25) is 5.91 Å². The molecule has 0 saturated carbocycles. The average Bonchev–Trinajstić information content (AvgIpc) is 2.60. The second-order valence-electron chi connectivity index (χ2n) is 5.50. The molecular weight excluding hydrogens is 232 g/mol. The lowest BCUT2D eigenvalue weighted by Crippen LogP contribution is -2.39. The van der Waals surface area contributed by atoms with E-state index in [1.54, 1.807) is 26.8 Å². The Kier molecular flexibility index (Phi) is 4.76. The lowest BCUT2D eigenvalue weighted by atomic mass is 9.98. The van der Waals surface area contributed by atoms with Gasteiger partial charge in [0.05, 0.1) is 6.04 Å². The summed E-state index contributed by atoms with van der Waals surface area (Å²) in [5, 5.41) is 5.48. The van der Waals surface area contributed by atoms with Gasteiger partial charge in [-0.3, -0.25) is 4.79 Å². The molecule has 0 aromatic heterocycles. The molecule has 1 fully saturated rings. The van der Waals surface area contributed by atoms with Crippen molar-refractivity contribution >= 4 is 12.0 Å². The molecule has 1 heterocycles. The van der Waals surface area contributed by atoms with Crippen LogP contribution < -0.4 is 10.6 Å². The molecule has 0 aliphatic carbocycles. The molecule has 0 unspecified atom stereocenters. The third kappa shape index (κ3) is 4.77. The Bertz CT molecular complexity index is 334. The molecule has 0 aromatic rings. The normalized spacial score (nSPS) is 21.1. The quantitative estimate of drug-likeness (QED) is 0.749. The van der Waals surface area contributed by atoms with Crippen LogP contribution in [-0.2, 0) is 9.53 Å². The van der Waals surface area contributed by atoms with Gasteiger partial charge in [-0.1, -0.05) is 6.08 Å². The fourth-order valence-corrected chi connectivity index (χ4v) is 1.85. The molecule has 18 heavy (non-hydrogen) atoms. The molecule has 1 rings (SSSR count). The Morgan fingerprint density at radius 2 is 2.33 bits per heavy atom. The Morgan fingerprint density at radius 3 is 2.78 bits per heavy atom. The zero-order valence-electron chi connectivity index (χ0n) is 11.3. The smallest absolute Gasteiger partial charge is 0.408 e. The van der Waals surface area contributed by atoms with Crippen molar-refractivity contribution in [1.82, 2.24) is 10.6 Å². The highest BCUT2D eigenvalue weighted by molar-refractivity contribution is 5.80. The van der Waals surface area contributed by atoms with Crippen molar-refractivity contribution in [2.75, 3.05) is 6.54 Å². The minimum absolute atomic E-state index is 0.0489. The van der Waals surface area contributed by atoms with Gasteiger partial charge in [-0.15, -0.1) is 6.58 Å². The highest BCUT2D eigenvalue weighted by Crippen LogP contribution is 2.17. The van der Waals surface area contributed by atoms with Gasteiger partial charge in [0, 0.05) is 12.5 Å². The molecule has 1 saturated heterocycles. The number of hydrogen-bond donors (Lipinski definition) is 2. The Morgan fingerprint density at radius 1 is 1.67 bits per heavy atom. The van der Waals surface area contributed by atoms with Crippen LogP contribution in [0.5, 0.6) is 0 Å². The molecule has 0 bridgehead atoms. The number of ether oxygens (including phenoxy) is 1. The molecule has 0 radical (unpaired) electrons. The maximum atomic E-state index is 11.6. The van der Waals surface area contributed by atoms with E-state index in [4.69, 9.17) is 4.74 Å². The molecular formula is C13H22N2O3. The number of amides is 2. The third-order valence-electron chi connectivity index (χ3n) is 2.69. The van der Waals surface area contributed by atoms with Crippen LogP contribution >= 0.6 is 0 Å². The van der Waals surface area contributed by atoms with E-state index < -0.39 is 11.7 Å². The second kappa shape index (κ2) is 5.89. The first-order valence-electron chi connectivity index (χ1n) is 6.21. The topological polar surface area (TPSA) is 67.4 Å². The van der Waals surface area contributed by atoms with Gasteiger partial charge in [0.1, 0.15) is 5.60 Å². The molecule has 102 valence electrons. The van der Waals surface area contributed by atoms with Crippen molar-refractivity contribution < 1.29 is 14.3 Å². The van der Waals surface area contributed by atoms with E-state index in [1.165, 1.54) is 0 Å². The van der Waals surface area contributed by atoms with Crippen molar-refractivity contribution in [3.8, 4) is 0 Å². The van der Waals surface area contributed by atoms with Crippen LogP contribution in [0.1, 0.15) is 33.6 Å². The summed E-state index contributed by atoms with van der Waals surface area (Å²) in [5.74, 6) is -0.00391. The molecule has 2 N–H and O–H groups in total. The van der Waals surface area contributed by atoms with Crippen LogP contribution in [-0.4, -0.2) is 30.2 Å². The molecule has 2 atom stereocenters. The summed E-state index contributed by atoms with van der Waals surface area (Å²) < 4.78 is 5.16. The largest absolute Gasteiger partial charge is 0.444 e. The third-order valence-corrected chi connectivity index (χ3v) is 2.69. The number of carbonyl (C=O) groups excluding carboxylic acids is 2. The standard InChI is InChI=1S/C13H22N2O3/c1-5-10(8-9-6-7-14-11(9)16)15-12(17)18-13(2,3)4/h5,9-10H,1,6-8H2,2-4H3,(H,14,16)(H,15,17)/t9-,10+/m0/s1. The average molecular weight is 254 g/mol. The van der Waals surface area contributed by atoms with Crippen LogP contribution in [0.25, 0.3) is 0 Å². The predicted molar refractivity (Wildman–Crippen MR) is 69.1 cm³/mol. The summed E-state index contributed by atoms with van der Waals surface area (Å²) in [6, 6.07) is -0.242. The maximum Gasteiger partial charge on any atom is 0.408 e. The van der Waals surface area contributed by atoms with Gasteiger partial charge in [0.15, 0.2) is 0 Å². The van der Waals surface area contributed by atoms with Crippen LogP contribution in [0.15, 0.2) is 12.7 Å². The van der Waals surface area contributed by atoms with E-state index in [9.17, 15) is 9.59 Å². The number of hydrogen-bond acceptors (Lipinski definition) is 3. The highest BCUT2D eigenvalue weighted by Gasteiger charge is 2.27. The van der Waals surface area contributed by atoms with Gasteiger partial charge >= 0.3 is 6.09 Å². The first kappa shape index (κ1) is 14.5. The lowest BCUT2D eigenvalue weighted by Gasteiger charge is -2.23. The summed E-state index contributed by atoms with van der Waals surface area (Å²) in [5.41, 5.74) is -0.527. The van der Waals surface area contributed by atoms with Crippen LogP contribution in [0.2, 0.25) is 0 Å². The first-order valence-corrected chi connectivity index (χ1v) is 6.21. The molecule has 5 heteroatoms. The number of carbonyl (C=O) groups is 2. The summed E-state index contributed by atoms with van der Waals surface area (Å²) in [6.45, 7) is 9.80.